The highest BCUT2D eigenvalue weighted by atomic mass is 14.7. The molecule has 0 unspecified atom stereocenters. The molecule has 1 rings (SSSR count). The van der Waals surface area contributed by atoms with Gasteiger partial charge in [0.05, 0.1) is 0 Å². The van der Waals surface area contributed by atoms with Gasteiger partial charge in [-0.1, -0.05) is 13.3 Å². The van der Waals surface area contributed by atoms with Crippen LogP contribution in [0, 0.1) is 0 Å². The third-order valence-corrected chi connectivity index (χ3v) is 1.92. The van der Waals surface area contributed by atoms with Crippen LogP contribution in [0.15, 0.2) is 16.3 Å². The quantitative estimate of drug-likeness (QED) is 0.555. The molecule has 1 aliphatic heterocycles. The topological polar surface area (TPSA) is 12.4 Å². The summed E-state index contributed by atoms with van der Waals surface area (Å²) >= 11 is 0. The van der Waals surface area contributed by atoms with Crippen LogP contribution in [0.1, 0.15) is 39.5 Å². The molecule has 0 radical (unpaired) electrons. The highest BCUT2D eigenvalue weighted by Gasteiger charge is 2.03. The van der Waals surface area contributed by atoms with Crippen molar-refractivity contribution in [2.75, 3.05) is 0 Å². The molecule has 1 heteroatoms. The third-order valence-electron chi connectivity index (χ3n) is 1.92. The zero-order valence-corrected chi connectivity index (χ0v) is 6.85. The first-order valence-corrected chi connectivity index (χ1v) is 4.05. The summed E-state index contributed by atoms with van der Waals surface area (Å²) in [5.74, 6) is 0. The molecule has 1 aliphatic rings. The lowest BCUT2D eigenvalue weighted by Crippen LogP contribution is -1.94. The maximum Gasteiger partial charge on any atom is 0.0360 e. The Bertz CT molecular complexity index is 166. The van der Waals surface area contributed by atoms with E-state index in [4.69, 9.17) is 0 Å². The molecule has 0 aliphatic carbocycles. The van der Waals surface area contributed by atoms with Crippen molar-refractivity contribution in [1.29, 1.82) is 0 Å². The van der Waals surface area contributed by atoms with Crippen molar-refractivity contribution in [2.45, 2.75) is 39.5 Å². The third kappa shape index (κ3) is 1.69. The zero-order valence-electron chi connectivity index (χ0n) is 6.85. The van der Waals surface area contributed by atoms with Gasteiger partial charge in [-0.2, -0.15) is 0 Å². The molecule has 0 saturated carbocycles. The molecule has 0 saturated heterocycles. The van der Waals surface area contributed by atoms with E-state index in [1.807, 2.05) is 6.21 Å². The minimum atomic E-state index is 1.15. The van der Waals surface area contributed by atoms with Crippen LogP contribution in [-0.2, 0) is 0 Å². The smallest absolute Gasteiger partial charge is 0.0360 e. The molecular formula is C9H15N. The molecular weight excluding hydrogens is 122 g/mol. The summed E-state index contributed by atoms with van der Waals surface area (Å²) < 4.78 is 0. The molecule has 0 aromatic heterocycles. The monoisotopic (exact) mass is 137 g/mol. The summed E-state index contributed by atoms with van der Waals surface area (Å²) in [6, 6.07) is 0. The van der Waals surface area contributed by atoms with E-state index in [0.29, 0.717) is 0 Å². The second-order valence-electron chi connectivity index (χ2n) is 2.79. The number of allylic oxidation sites excluding steroid dienone is 2. The first-order valence-electron chi connectivity index (χ1n) is 4.05. The molecule has 0 bridgehead atoms. The number of nitrogens with zero attached hydrogens (tertiary/aromatic N) is 1. The molecule has 0 spiro atoms. The van der Waals surface area contributed by atoms with Gasteiger partial charge in [0.1, 0.15) is 0 Å². The van der Waals surface area contributed by atoms with E-state index in [1.165, 1.54) is 25.0 Å². The van der Waals surface area contributed by atoms with E-state index in [2.05, 4.69) is 18.8 Å². The van der Waals surface area contributed by atoms with Crippen LogP contribution in [0.3, 0.4) is 0 Å². The van der Waals surface area contributed by atoms with Crippen LogP contribution in [0.25, 0.3) is 0 Å². The SMILES string of the molecule is CCCC1=C(C)N=CCC1. The van der Waals surface area contributed by atoms with Gasteiger partial charge >= 0.3 is 0 Å². The molecule has 1 heterocycles. The lowest BCUT2D eigenvalue weighted by atomic mass is 10.0. The molecule has 0 N–H and O–H groups in total. The number of hydrogen-bond donors (Lipinski definition) is 0. The van der Waals surface area contributed by atoms with Crippen molar-refractivity contribution in [3.05, 3.63) is 11.3 Å². The Morgan fingerprint density at radius 2 is 2.40 bits per heavy atom. The zero-order chi connectivity index (χ0) is 7.40. The van der Waals surface area contributed by atoms with Gasteiger partial charge in [-0.15, -0.1) is 0 Å². The molecule has 0 atom stereocenters. The second kappa shape index (κ2) is 3.55. The van der Waals surface area contributed by atoms with Crippen molar-refractivity contribution in [2.24, 2.45) is 4.99 Å². The van der Waals surface area contributed by atoms with Gasteiger partial charge in [0.2, 0.25) is 0 Å². The Kier molecular flexibility index (Phi) is 2.67. The van der Waals surface area contributed by atoms with E-state index >= 15 is 0 Å². The lowest BCUT2D eigenvalue weighted by Gasteiger charge is -2.10. The van der Waals surface area contributed by atoms with Crippen LogP contribution < -0.4 is 0 Å². The van der Waals surface area contributed by atoms with Crippen LogP contribution in [-0.4, -0.2) is 6.21 Å². The normalized spacial score (nSPS) is 18.2. The van der Waals surface area contributed by atoms with Crippen molar-refractivity contribution in [1.82, 2.24) is 0 Å². The largest absolute Gasteiger partial charge is 0.266 e. The summed E-state index contributed by atoms with van der Waals surface area (Å²) in [4.78, 5) is 4.28. The van der Waals surface area contributed by atoms with Crippen LogP contribution >= 0.6 is 0 Å². The maximum atomic E-state index is 4.28. The fourth-order valence-corrected chi connectivity index (χ4v) is 1.32. The Hall–Kier alpha value is -0.590. The Balaban J connectivity index is 2.60. The predicted octanol–water partition coefficient (Wildman–Crippen LogP) is 2.93. The van der Waals surface area contributed by atoms with Crippen molar-refractivity contribution >= 4 is 6.21 Å². The fourth-order valence-electron chi connectivity index (χ4n) is 1.32. The van der Waals surface area contributed by atoms with E-state index in [-0.39, 0.29) is 0 Å². The van der Waals surface area contributed by atoms with E-state index in [1.54, 1.807) is 5.57 Å². The minimum Gasteiger partial charge on any atom is -0.266 e. The predicted molar refractivity (Wildman–Crippen MR) is 45.3 cm³/mol. The van der Waals surface area contributed by atoms with Crippen molar-refractivity contribution in [3.63, 3.8) is 0 Å². The van der Waals surface area contributed by atoms with Gasteiger partial charge in [0.25, 0.3) is 0 Å². The summed E-state index contributed by atoms with van der Waals surface area (Å²) in [6.45, 7) is 4.33. The highest BCUT2D eigenvalue weighted by Crippen LogP contribution is 2.20. The van der Waals surface area contributed by atoms with E-state index in [0.717, 1.165) is 6.42 Å². The number of hydrogen-bond acceptors (Lipinski definition) is 1. The molecule has 0 amide bonds. The Labute approximate surface area is 62.9 Å². The molecule has 0 aromatic rings. The molecule has 56 valence electrons. The highest BCUT2D eigenvalue weighted by molar-refractivity contribution is 5.61. The number of aliphatic imine (C=N–C) groups is 1. The van der Waals surface area contributed by atoms with Crippen LogP contribution in [0.4, 0.5) is 0 Å². The Morgan fingerprint density at radius 3 is 3.00 bits per heavy atom. The average Bonchev–Trinajstić information content (AvgIpc) is 1.94. The first kappa shape index (κ1) is 7.52. The standard InChI is InChI=1S/C9H15N/c1-3-5-9-6-4-7-10-8(9)2/h7H,3-6H2,1-2H3. The van der Waals surface area contributed by atoms with Gasteiger partial charge in [-0.3, -0.25) is 4.99 Å². The van der Waals surface area contributed by atoms with Crippen LogP contribution in [0.2, 0.25) is 0 Å². The molecule has 1 nitrogen and oxygen atoms in total. The molecule has 10 heavy (non-hydrogen) atoms. The van der Waals surface area contributed by atoms with E-state index < -0.39 is 0 Å². The Morgan fingerprint density at radius 1 is 1.60 bits per heavy atom. The minimum absolute atomic E-state index is 1.15. The van der Waals surface area contributed by atoms with Crippen molar-refractivity contribution < 1.29 is 0 Å². The van der Waals surface area contributed by atoms with E-state index in [9.17, 15) is 0 Å². The first-order chi connectivity index (χ1) is 4.84. The number of rotatable bonds is 2. The van der Waals surface area contributed by atoms with Gasteiger partial charge in [0.15, 0.2) is 0 Å². The fraction of sp³-hybridized carbons (Fsp3) is 0.667. The second-order valence-corrected chi connectivity index (χ2v) is 2.79. The maximum absolute atomic E-state index is 4.28. The summed E-state index contributed by atoms with van der Waals surface area (Å²) in [6.07, 6.45) is 6.90. The average molecular weight is 137 g/mol. The van der Waals surface area contributed by atoms with Gasteiger partial charge < -0.3 is 0 Å². The van der Waals surface area contributed by atoms with Crippen molar-refractivity contribution in [3.8, 4) is 0 Å². The van der Waals surface area contributed by atoms with Gasteiger partial charge in [-0.05, 0) is 31.8 Å². The molecule has 0 aromatic carbocycles. The lowest BCUT2D eigenvalue weighted by molar-refractivity contribution is 0.810. The summed E-state index contributed by atoms with van der Waals surface area (Å²) in [5, 5.41) is 0. The van der Waals surface area contributed by atoms with Gasteiger partial charge in [-0.25, -0.2) is 0 Å². The van der Waals surface area contributed by atoms with Gasteiger partial charge in [0, 0.05) is 11.9 Å². The molecule has 0 fully saturated rings. The summed E-state index contributed by atoms with van der Waals surface area (Å²) in [7, 11) is 0. The van der Waals surface area contributed by atoms with Crippen LogP contribution in [0.5, 0.6) is 0 Å². The summed E-state index contributed by atoms with van der Waals surface area (Å²) in [5.41, 5.74) is 2.82.